The summed E-state index contributed by atoms with van der Waals surface area (Å²) in [7, 11) is 0.987. The molecule has 2 aliphatic rings. The van der Waals surface area contributed by atoms with Crippen molar-refractivity contribution in [2.75, 3.05) is 58.3 Å². The van der Waals surface area contributed by atoms with Crippen molar-refractivity contribution in [3.63, 3.8) is 0 Å². The topological polar surface area (TPSA) is 79.4 Å². The number of anilines is 1. The second-order valence-electron chi connectivity index (χ2n) is 8.17. The maximum atomic E-state index is 13.7. The standard InChI is InChI=1S/C24H29N3O5S/c1-25-12-14-26(15-13-25)23(28)9-8-18-16-21(31-2)24(32-3)22(17-18)33(29,30)27-11-10-19-6-4-5-7-20(19)27/h4-9,16-17H,10-15H2,1-3H3/b9-8+. The molecule has 9 heteroatoms. The molecule has 0 bridgehead atoms. The van der Waals surface area contributed by atoms with Crippen molar-refractivity contribution in [2.24, 2.45) is 0 Å². The van der Waals surface area contributed by atoms with E-state index in [1.165, 1.54) is 30.7 Å². The highest BCUT2D eigenvalue weighted by atomic mass is 32.2. The summed E-state index contributed by atoms with van der Waals surface area (Å²) in [5, 5.41) is 0. The summed E-state index contributed by atoms with van der Waals surface area (Å²) in [5.74, 6) is 0.331. The van der Waals surface area contributed by atoms with Gasteiger partial charge in [-0.25, -0.2) is 8.42 Å². The van der Waals surface area contributed by atoms with Gasteiger partial charge in [-0.05, 0) is 48.9 Å². The number of fused-ring (bicyclic) bond motifs is 1. The number of sulfonamides is 1. The molecule has 0 atom stereocenters. The third kappa shape index (κ3) is 4.56. The van der Waals surface area contributed by atoms with Gasteiger partial charge in [0.2, 0.25) is 5.91 Å². The minimum absolute atomic E-state index is 0.00718. The summed E-state index contributed by atoms with van der Waals surface area (Å²) in [6.45, 7) is 3.35. The number of para-hydroxylation sites is 1. The van der Waals surface area contributed by atoms with Crippen molar-refractivity contribution in [3.8, 4) is 11.5 Å². The number of methoxy groups -OCH3 is 2. The minimum Gasteiger partial charge on any atom is -0.493 e. The number of rotatable bonds is 6. The van der Waals surface area contributed by atoms with Crippen LogP contribution >= 0.6 is 0 Å². The average molecular weight is 472 g/mol. The predicted octanol–water partition coefficient (Wildman–Crippen LogP) is 2.24. The molecule has 0 aromatic heterocycles. The Kier molecular flexibility index (Phi) is 6.62. The number of likely N-dealkylation sites (N-methyl/N-ethyl adjacent to an activating group) is 1. The Balaban J connectivity index is 1.68. The van der Waals surface area contributed by atoms with Crippen LogP contribution in [0.25, 0.3) is 6.08 Å². The first-order valence-corrected chi connectivity index (χ1v) is 12.3. The number of benzene rings is 2. The van der Waals surface area contributed by atoms with Gasteiger partial charge in [0.05, 0.1) is 19.9 Å². The quantitative estimate of drug-likeness (QED) is 0.602. The van der Waals surface area contributed by atoms with Crippen molar-refractivity contribution >= 4 is 27.7 Å². The van der Waals surface area contributed by atoms with Crippen molar-refractivity contribution in [1.82, 2.24) is 9.80 Å². The highest BCUT2D eigenvalue weighted by molar-refractivity contribution is 7.93. The van der Waals surface area contributed by atoms with Crippen LogP contribution in [0, 0.1) is 0 Å². The fourth-order valence-electron chi connectivity index (χ4n) is 4.21. The molecule has 2 heterocycles. The second kappa shape index (κ2) is 9.44. The summed E-state index contributed by atoms with van der Waals surface area (Å²) in [6, 6.07) is 10.7. The van der Waals surface area contributed by atoms with Gasteiger partial charge in [-0.1, -0.05) is 18.2 Å². The Morgan fingerprint density at radius 1 is 1.00 bits per heavy atom. The Morgan fingerprint density at radius 3 is 2.42 bits per heavy atom. The van der Waals surface area contributed by atoms with E-state index in [0.29, 0.717) is 37.3 Å². The lowest BCUT2D eigenvalue weighted by molar-refractivity contribution is -0.127. The number of ether oxygens (including phenoxy) is 2. The van der Waals surface area contributed by atoms with Gasteiger partial charge >= 0.3 is 0 Å². The van der Waals surface area contributed by atoms with Crippen LogP contribution < -0.4 is 13.8 Å². The monoisotopic (exact) mass is 471 g/mol. The van der Waals surface area contributed by atoms with E-state index in [-0.39, 0.29) is 22.3 Å². The van der Waals surface area contributed by atoms with E-state index < -0.39 is 10.0 Å². The van der Waals surface area contributed by atoms with E-state index in [4.69, 9.17) is 9.47 Å². The van der Waals surface area contributed by atoms with Gasteiger partial charge in [0.15, 0.2) is 11.5 Å². The van der Waals surface area contributed by atoms with Crippen LogP contribution in [0.5, 0.6) is 11.5 Å². The molecule has 1 fully saturated rings. The van der Waals surface area contributed by atoms with Gasteiger partial charge in [0, 0.05) is 38.8 Å². The first-order chi connectivity index (χ1) is 15.8. The average Bonchev–Trinajstić information content (AvgIpc) is 3.27. The second-order valence-corrected chi connectivity index (χ2v) is 10.0. The van der Waals surface area contributed by atoms with Crippen LogP contribution in [0.1, 0.15) is 11.1 Å². The molecule has 2 aliphatic heterocycles. The maximum absolute atomic E-state index is 13.7. The van der Waals surface area contributed by atoms with Crippen LogP contribution in [0.4, 0.5) is 5.69 Å². The maximum Gasteiger partial charge on any atom is 0.268 e. The van der Waals surface area contributed by atoms with E-state index >= 15 is 0 Å². The van der Waals surface area contributed by atoms with Crippen LogP contribution in [-0.2, 0) is 21.2 Å². The number of nitrogens with zero attached hydrogens (tertiary/aromatic N) is 3. The Hall–Kier alpha value is -3.04. The summed E-state index contributed by atoms with van der Waals surface area (Å²) >= 11 is 0. The van der Waals surface area contributed by atoms with Crippen LogP contribution in [0.3, 0.4) is 0 Å². The van der Waals surface area contributed by atoms with Crippen LogP contribution in [0.15, 0.2) is 47.4 Å². The summed E-state index contributed by atoms with van der Waals surface area (Å²) in [6.07, 6.45) is 3.75. The Bertz CT molecular complexity index is 1170. The highest BCUT2D eigenvalue weighted by Gasteiger charge is 2.34. The summed E-state index contributed by atoms with van der Waals surface area (Å²) < 4.78 is 39.7. The molecule has 0 unspecified atom stereocenters. The van der Waals surface area contributed by atoms with Crippen LogP contribution in [-0.4, -0.2) is 78.1 Å². The molecule has 0 N–H and O–H groups in total. The molecular weight excluding hydrogens is 442 g/mol. The Labute approximate surface area is 195 Å². The van der Waals surface area contributed by atoms with Crippen molar-refractivity contribution in [3.05, 3.63) is 53.6 Å². The zero-order valence-electron chi connectivity index (χ0n) is 19.2. The number of hydrogen-bond acceptors (Lipinski definition) is 6. The molecule has 0 aliphatic carbocycles. The molecule has 176 valence electrons. The molecule has 8 nitrogen and oxygen atoms in total. The van der Waals surface area contributed by atoms with E-state index in [2.05, 4.69) is 4.90 Å². The predicted molar refractivity (Wildman–Crippen MR) is 127 cm³/mol. The van der Waals surface area contributed by atoms with Crippen molar-refractivity contribution < 1.29 is 22.7 Å². The van der Waals surface area contributed by atoms with Crippen molar-refractivity contribution in [2.45, 2.75) is 11.3 Å². The van der Waals surface area contributed by atoms with Gasteiger partial charge < -0.3 is 19.3 Å². The van der Waals surface area contributed by atoms with Gasteiger partial charge in [-0.2, -0.15) is 0 Å². The first kappa shape index (κ1) is 23.1. The lowest BCUT2D eigenvalue weighted by Gasteiger charge is -2.31. The lowest BCUT2D eigenvalue weighted by atomic mass is 10.1. The lowest BCUT2D eigenvalue weighted by Crippen LogP contribution is -2.46. The van der Waals surface area contributed by atoms with Crippen LogP contribution in [0.2, 0.25) is 0 Å². The summed E-state index contributed by atoms with van der Waals surface area (Å²) in [4.78, 5) is 16.6. The largest absolute Gasteiger partial charge is 0.493 e. The van der Waals surface area contributed by atoms with E-state index in [9.17, 15) is 13.2 Å². The minimum atomic E-state index is -3.92. The van der Waals surface area contributed by atoms with Gasteiger partial charge in [-0.3, -0.25) is 9.10 Å². The molecule has 1 amide bonds. The van der Waals surface area contributed by atoms with E-state index in [1.807, 2.05) is 31.3 Å². The molecule has 0 radical (unpaired) electrons. The molecule has 2 aromatic rings. The SMILES string of the molecule is COc1cc(/C=C/C(=O)N2CCN(C)CC2)cc(S(=O)(=O)N2CCc3ccccc32)c1OC. The summed E-state index contributed by atoms with van der Waals surface area (Å²) in [5.41, 5.74) is 2.20. The zero-order chi connectivity index (χ0) is 23.6. The van der Waals surface area contributed by atoms with E-state index in [0.717, 1.165) is 18.7 Å². The fraction of sp³-hybridized carbons (Fsp3) is 0.375. The number of carbonyl (C=O) groups excluding carboxylic acids is 1. The Morgan fingerprint density at radius 2 is 1.73 bits per heavy atom. The molecule has 1 saturated heterocycles. The first-order valence-electron chi connectivity index (χ1n) is 10.9. The third-order valence-electron chi connectivity index (χ3n) is 6.11. The van der Waals surface area contributed by atoms with Gasteiger partial charge in [0.1, 0.15) is 4.90 Å². The zero-order valence-corrected chi connectivity index (χ0v) is 20.0. The molecule has 0 spiro atoms. The van der Waals surface area contributed by atoms with Crippen molar-refractivity contribution in [1.29, 1.82) is 0 Å². The molecule has 2 aromatic carbocycles. The number of carbonyl (C=O) groups is 1. The van der Waals surface area contributed by atoms with E-state index in [1.54, 1.807) is 17.0 Å². The smallest absolute Gasteiger partial charge is 0.268 e. The highest BCUT2D eigenvalue weighted by Crippen LogP contribution is 2.40. The van der Waals surface area contributed by atoms with Gasteiger partial charge in [-0.15, -0.1) is 0 Å². The normalized spacial score (nSPS) is 16.8. The molecule has 0 saturated carbocycles. The molecule has 33 heavy (non-hydrogen) atoms. The molecule has 4 rings (SSSR count). The fourth-order valence-corrected chi connectivity index (χ4v) is 5.92. The van der Waals surface area contributed by atoms with Gasteiger partial charge in [0.25, 0.3) is 10.0 Å². The third-order valence-corrected chi connectivity index (χ3v) is 7.93. The number of hydrogen-bond donors (Lipinski definition) is 0. The number of piperazine rings is 1. The number of amides is 1. The molecular formula is C24H29N3O5S.